The van der Waals surface area contributed by atoms with Crippen LogP contribution in [-0.4, -0.2) is 5.11 Å². The number of rotatable bonds is 1. The van der Waals surface area contributed by atoms with E-state index in [1.165, 1.54) is 27.4 Å². The first-order valence-electron chi connectivity index (χ1n) is 9.97. The molecule has 3 unspecified atom stereocenters. The van der Waals surface area contributed by atoms with Gasteiger partial charge in [0.15, 0.2) is 0 Å². The van der Waals surface area contributed by atoms with Crippen molar-refractivity contribution in [3.63, 3.8) is 0 Å². The first-order chi connectivity index (χ1) is 13.8. The van der Waals surface area contributed by atoms with Gasteiger partial charge in [-0.2, -0.15) is 0 Å². The van der Waals surface area contributed by atoms with E-state index in [4.69, 9.17) is 0 Å². The van der Waals surface area contributed by atoms with Gasteiger partial charge in [0, 0.05) is 22.6 Å². The molecule has 4 aromatic rings. The van der Waals surface area contributed by atoms with Crippen LogP contribution in [0.4, 0.5) is 5.69 Å². The maximum Gasteiger partial charge on any atom is 0.121 e. The average molecular weight is 363 g/mol. The summed E-state index contributed by atoms with van der Waals surface area (Å²) >= 11 is 0. The molecule has 1 heterocycles. The van der Waals surface area contributed by atoms with Gasteiger partial charge in [-0.15, -0.1) is 0 Å². The quantitative estimate of drug-likeness (QED) is 0.377. The number of phenols is 1. The van der Waals surface area contributed by atoms with E-state index in [1.54, 1.807) is 0 Å². The summed E-state index contributed by atoms with van der Waals surface area (Å²) in [5.41, 5.74) is 3.60. The molecular weight excluding hydrogens is 342 g/mol. The number of hydrogen-bond acceptors (Lipinski definition) is 2. The first-order valence-corrected chi connectivity index (χ1v) is 9.97. The van der Waals surface area contributed by atoms with Crippen LogP contribution >= 0.6 is 0 Å². The third-order valence-corrected chi connectivity index (χ3v) is 6.52. The highest BCUT2D eigenvalue weighted by atomic mass is 16.3. The number of benzene rings is 4. The predicted molar refractivity (Wildman–Crippen MR) is 116 cm³/mol. The number of nitrogens with one attached hydrogen (secondary N) is 1. The van der Waals surface area contributed by atoms with Crippen molar-refractivity contribution in [3.05, 3.63) is 96.1 Å². The van der Waals surface area contributed by atoms with E-state index in [0.717, 1.165) is 17.4 Å². The number of fused-ring (bicyclic) bond motifs is 6. The second-order valence-corrected chi connectivity index (χ2v) is 7.95. The summed E-state index contributed by atoms with van der Waals surface area (Å²) < 4.78 is 0. The van der Waals surface area contributed by atoms with Gasteiger partial charge >= 0.3 is 0 Å². The Labute approximate surface area is 164 Å². The molecule has 0 saturated heterocycles. The normalized spacial score (nSPS) is 22.8. The molecule has 2 N–H and O–H groups in total. The van der Waals surface area contributed by atoms with Crippen LogP contribution in [0, 0.1) is 5.92 Å². The van der Waals surface area contributed by atoms with Crippen LogP contribution in [0.15, 0.2) is 84.9 Å². The third kappa shape index (κ3) is 2.15. The SMILES string of the molecule is Oc1ccc2ccccc2c1C1Nc2c(ccc3ccccc23)C2C=CCC21. The molecule has 0 bridgehead atoms. The Balaban J connectivity index is 1.61. The summed E-state index contributed by atoms with van der Waals surface area (Å²) in [5, 5.41) is 19.5. The van der Waals surface area contributed by atoms with Crippen LogP contribution in [0.3, 0.4) is 0 Å². The van der Waals surface area contributed by atoms with Crippen molar-refractivity contribution in [2.24, 2.45) is 5.92 Å². The molecule has 1 aliphatic heterocycles. The van der Waals surface area contributed by atoms with Crippen molar-refractivity contribution in [1.29, 1.82) is 0 Å². The fourth-order valence-corrected chi connectivity index (χ4v) is 5.24. The molecule has 0 aromatic heterocycles. The van der Waals surface area contributed by atoms with Gasteiger partial charge in [-0.1, -0.05) is 78.9 Å². The molecule has 0 amide bonds. The van der Waals surface area contributed by atoms with Crippen LogP contribution in [0.2, 0.25) is 0 Å². The van der Waals surface area contributed by atoms with Crippen molar-refractivity contribution in [2.45, 2.75) is 18.4 Å². The second kappa shape index (κ2) is 5.87. The topological polar surface area (TPSA) is 32.3 Å². The molecule has 0 fully saturated rings. The Kier molecular flexibility index (Phi) is 3.30. The number of anilines is 1. The minimum atomic E-state index is 0.0735. The highest BCUT2D eigenvalue weighted by Crippen LogP contribution is 2.53. The van der Waals surface area contributed by atoms with E-state index >= 15 is 0 Å². The van der Waals surface area contributed by atoms with Gasteiger partial charge in [-0.3, -0.25) is 0 Å². The lowest BCUT2D eigenvalue weighted by Crippen LogP contribution is -2.29. The Morgan fingerprint density at radius 3 is 2.36 bits per heavy atom. The summed E-state index contributed by atoms with van der Waals surface area (Å²) in [4.78, 5) is 0. The van der Waals surface area contributed by atoms with Crippen LogP contribution in [0.5, 0.6) is 5.75 Å². The molecule has 0 saturated carbocycles. The zero-order valence-electron chi connectivity index (χ0n) is 15.5. The highest BCUT2D eigenvalue weighted by Gasteiger charge is 2.39. The molecule has 2 heteroatoms. The second-order valence-electron chi connectivity index (χ2n) is 7.95. The van der Waals surface area contributed by atoms with Crippen molar-refractivity contribution in [3.8, 4) is 5.75 Å². The van der Waals surface area contributed by atoms with Gasteiger partial charge < -0.3 is 10.4 Å². The van der Waals surface area contributed by atoms with Gasteiger partial charge in [0.05, 0.1) is 6.04 Å². The third-order valence-electron chi connectivity index (χ3n) is 6.52. The molecule has 6 rings (SSSR count). The molecule has 0 radical (unpaired) electrons. The molecular formula is C26H21NO. The molecule has 28 heavy (non-hydrogen) atoms. The Morgan fingerprint density at radius 1 is 0.786 bits per heavy atom. The van der Waals surface area contributed by atoms with E-state index in [0.29, 0.717) is 17.6 Å². The van der Waals surface area contributed by atoms with E-state index in [9.17, 15) is 5.11 Å². The van der Waals surface area contributed by atoms with Gasteiger partial charge in [-0.25, -0.2) is 0 Å². The van der Waals surface area contributed by atoms with E-state index in [2.05, 4.69) is 78.1 Å². The maximum absolute atomic E-state index is 10.9. The largest absolute Gasteiger partial charge is 0.508 e. The fraction of sp³-hybridized carbons (Fsp3) is 0.154. The van der Waals surface area contributed by atoms with Crippen LogP contribution in [0.1, 0.15) is 29.5 Å². The number of hydrogen-bond donors (Lipinski definition) is 2. The van der Waals surface area contributed by atoms with Crippen molar-refractivity contribution >= 4 is 27.2 Å². The number of aromatic hydroxyl groups is 1. The number of phenolic OH excluding ortho intramolecular Hbond substituents is 1. The summed E-state index contributed by atoms with van der Waals surface area (Å²) in [7, 11) is 0. The zero-order chi connectivity index (χ0) is 18.7. The lowest BCUT2D eigenvalue weighted by atomic mass is 9.75. The first kappa shape index (κ1) is 15.8. The Morgan fingerprint density at radius 2 is 1.50 bits per heavy atom. The standard InChI is InChI=1S/C26H21NO/c28-23-15-13-16-6-1-3-8-18(16)24(23)26-21-11-5-10-20(21)22-14-12-17-7-2-4-9-19(17)25(22)27-26/h1-10,12-15,20-21,26-28H,11H2. The van der Waals surface area contributed by atoms with Gasteiger partial charge in [-0.05, 0) is 40.1 Å². The molecule has 136 valence electrons. The summed E-state index contributed by atoms with van der Waals surface area (Å²) in [6.07, 6.45) is 5.68. The van der Waals surface area contributed by atoms with Crippen LogP contribution in [-0.2, 0) is 0 Å². The molecule has 4 aromatic carbocycles. The summed E-state index contributed by atoms with van der Waals surface area (Å²) in [5.74, 6) is 1.17. The molecule has 2 nitrogen and oxygen atoms in total. The summed E-state index contributed by atoms with van der Waals surface area (Å²) in [6.45, 7) is 0. The van der Waals surface area contributed by atoms with E-state index < -0.39 is 0 Å². The highest BCUT2D eigenvalue weighted by molar-refractivity contribution is 5.97. The smallest absolute Gasteiger partial charge is 0.121 e. The van der Waals surface area contributed by atoms with E-state index in [1.807, 2.05) is 12.1 Å². The molecule has 1 aliphatic carbocycles. The van der Waals surface area contributed by atoms with Gasteiger partial charge in [0.1, 0.15) is 5.75 Å². The summed E-state index contributed by atoms with van der Waals surface area (Å²) in [6, 6.07) is 25.3. The van der Waals surface area contributed by atoms with Crippen molar-refractivity contribution in [1.82, 2.24) is 0 Å². The Bertz CT molecular complexity index is 1260. The molecule has 2 aliphatic rings. The molecule has 0 spiro atoms. The lowest BCUT2D eigenvalue weighted by Gasteiger charge is -2.38. The van der Waals surface area contributed by atoms with Crippen LogP contribution in [0.25, 0.3) is 21.5 Å². The average Bonchev–Trinajstić information content (AvgIpc) is 3.23. The molecule has 3 atom stereocenters. The van der Waals surface area contributed by atoms with Gasteiger partial charge in [0.25, 0.3) is 0 Å². The predicted octanol–water partition coefficient (Wildman–Crippen LogP) is 6.53. The van der Waals surface area contributed by atoms with Crippen molar-refractivity contribution < 1.29 is 5.11 Å². The number of allylic oxidation sites excluding steroid dienone is 2. The fourth-order valence-electron chi connectivity index (χ4n) is 5.24. The van der Waals surface area contributed by atoms with Gasteiger partial charge in [0.2, 0.25) is 0 Å². The monoisotopic (exact) mass is 363 g/mol. The lowest BCUT2D eigenvalue weighted by molar-refractivity contribution is 0.405. The Hall–Kier alpha value is -3.26. The van der Waals surface area contributed by atoms with Crippen molar-refractivity contribution in [2.75, 3.05) is 5.32 Å². The van der Waals surface area contributed by atoms with Crippen LogP contribution < -0.4 is 5.32 Å². The minimum absolute atomic E-state index is 0.0735. The maximum atomic E-state index is 10.9. The van der Waals surface area contributed by atoms with E-state index in [-0.39, 0.29) is 6.04 Å². The minimum Gasteiger partial charge on any atom is -0.508 e. The zero-order valence-corrected chi connectivity index (χ0v) is 15.5.